The summed E-state index contributed by atoms with van der Waals surface area (Å²) in [6.45, 7) is 4.56. The van der Waals surface area contributed by atoms with Crippen molar-refractivity contribution in [2.24, 2.45) is 4.99 Å². The molecule has 0 aliphatic rings. The van der Waals surface area contributed by atoms with E-state index in [2.05, 4.69) is 10.3 Å². The van der Waals surface area contributed by atoms with Crippen LogP contribution in [0.1, 0.15) is 12.5 Å². The van der Waals surface area contributed by atoms with Gasteiger partial charge in [0, 0.05) is 13.6 Å². The summed E-state index contributed by atoms with van der Waals surface area (Å²) in [6, 6.07) is 8.42. The molecule has 0 aliphatic heterocycles. The molecular formula is C17H18Cl2FN3. The molecule has 0 unspecified atom stereocenters. The van der Waals surface area contributed by atoms with Gasteiger partial charge in [-0.3, -0.25) is 0 Å². The van der Waals surface area contributed by atoms with Crippen LogP contribution in [0.25, 0.3) is 0 Å². The number of halogens is 3. The Labute approximate surface area is 145 Å². The minimum Gasteiger partial charge on any atom is -0.366 e. The van der Waals surface area contributed by atoms with Crippen LogP contribution in [0, 0.1) is 12.7 Å². The fraction of sp³-hybridized carbons (Fsp3) is 0.235. The summed E-state index contributed by atoms with van der Waals surface area (Å²) in [5.41, 5.74) is 2.00. The summed E-state index contributed by atoms with van der Waals surface area (Å²) >= 11 is 12.5. The Bertz CT molecular complexity index is 732. The lowest BCUT2D eigenvalue weighted by molar-refractivity contribution is 0.552. The van der Waals surface area contributed by atoms with Crippen LogP contribution in [0.15, 0.2) is 35.3 Å². The fourth-order valence-corrected chi connectivity index (χ4v) is 2.28. The Morgan fingerprint density at radius 1 is 1.22 bits per heavy atom. The molecule has 0 aromatic heterocycles. The molecule has 0 spiro atoms. The van der Waals surface area contributed by atoms with Gasteiger partial charge in [-0.05, 0) is 37.6 Å². The van der Waals surface area contributed by atoms with Crippen molar-refractivity contribution >= 4 is 46.6 Å². The Balaban J connectivity index is 2.30. The van der Waals surface area contributed by atoms with Crippen molar-refractivity contribution in [2.45, 2.75) is 13.8 Å². The van der Waals surface area contributed by atoms with Gasteiger partial charge in [-0.2, -0.15) is 0 Å². The Kier molecular flexibility index (Phi) is 5.85. The molecule has 122 valence electrons. The third-order valence-electron chi connectivity index (χ3n) is 3.39. The topological polar surface area (TPSA) is 27.6 Å². The standard InChI is InChI=1S/C17H18Cl2FN3/c1-4-23(3)10-21-15-8-13(19)16(9-12(15)18)22-14-7-5-6-11(2)17(14)20/h5-10,22H,4H2,1-3H3. The highest BCUT2D eigenvalue weighted by Gasteiger charge is 2.10. The van der Waals surface area contributed by atoms with Crippen molar-refractivity contribution in [1.29, 1.82) is 0 Å². The minimum absolute atomic E-state index is 0.314. The summed E-state index contributed by atoms with van der Waals surface area (Å²) < 4.78 is 14.1. The molecule has 0 aliphatic carbocycles. The molecule has 2 rings (SSSR count). The zero-order valence-electron chi connectivity index (χ0n) is 13.2. The molecule has 23 heavy (non-hydrogen) atoms. The molecule has 0 amide bonds. The summed E-state index contributed by atoms with van der Waals surface area (Å²) in [4.78, 5) is 6.22. The quantitative estimate of drug-likeness (QED) is 0.543. The predicted molar refractivity (Wildman–Crippen MR) is 97.3 cm³/mol. The van der Waals surface area contributed by atoms with E-state index >= 15 is 0 Å². The Hall–Kier alpha value is -1.78. The first-order chi connectivity index (χ1) is 10.9. The van der Waals surface area contributed by atoms with Crippen molar-refractivity contribution in [3.8, 4) is 0 Å². The van der Waals surface area contributed by atoms with Crippen LogP contribution < -0.4 is 5.32 Å². The van der Waals surface area contributed by atoms with E-state index in [-0.39, 0.29) is 5.82 Å². The number of benzene rings is 2. The van der Waals surface area contributed by atoms with Gasteiger partial charge in [0.2, 0.25) is 0 Å². The lowest BCUT2D eigenvalue weighted by Crippen LogP contribution is -2.14. The lowest BCUT2D eigenvalue weighted by Gasteiger charge is -2.13. The molecule has 0 atom stereocenters. The maximum Gasteiger partial charge on any atom is 0.149 e. The molecule has 2 aromatic rings. The van der Waals surface area contributed by atoms with Gasteiger partial charge in [-0.25, -0.2) is 9.38 Å². The van der Waals surface area contributed by atoms with Crippen LogP contribution in [0.5, 0.6) is 0 Å². The van der Waals surface area contributed by atoms with E-state index in [1.165, 1.54) is 0 Å². The molecule has 1 N–H and O–H groups in total. The number of aryl methyl sites for hydroxylation is 1. The molecule has 2 aromatic carbocycles. The molecule has 6 heteroatoms. The van der Waals surface area contributed by atoms with Crippen molar-refractivity contribution < 1.29 is 4.39 Å². The SMILES string of the molecule is CCN(C)C=Nc1cc(Cl)c(Nc2cccc(C)c2F)cc1Cl. The number of aliphatic imine (C=N–C) groups is 1. The molecule has 0 saturated heterocycles. The van der Waals surface area contributed by atoms with Gasteiger partial charge in [0.15, 0.2) is 0 Å². The van der Waals surface area contributed by atoms with E-state index < -0.39 is 0 Å². The average Bonchev–Trinajstić information content (AvgIpc) is 2.53. The maximum absolute atomic E-state index is 14.1. The number of hydrogen-bond donors (Lipinski definition) is 1. The zero-order chi connectivity index (χ0) is 17.0. The summed E-state index contributed by atoms with van der Waals surface area (Å²) in [7, 11) is 1.91. The van der Waals surface area contributed by atoms with E-state index in [1.54, 1.807) is 43.6 Å². The van der Waals surface area contributed by atoms with Crippen LogP contribution in [0.3, 0.4) is 0 Å². The maximum atomic E-state index is 14.1. The molecule has 0 heterocycles. The van der Waals surface area contributed by atoms with Crippen LogP contribution in [-0.2, 0) is 0 Å². The van der Waals surface area contributed by atoms with Crippen molar-refractivity contribution in [3.63, 3.8) is 0 Å². The van der Waals surface area contributed by atoms with Crippen LogP contribution in [0.2, 0.25) is 10.0 Å². The van der Waals surface area contributed by atoms with Gasteiger partial charge in [-0.15, -0.1) is 0 Å². The van der Waals surface area contributed by atoms with E-state index in [4.69, 9.17) is 23.2 Å². The normalized spacial score (nSPS) is 11.0. The fourth-order valence-electron chi connectivity index (χ4n) is 1.86. The second kappa shape index (κ2) is 7.66. The first-order valence-corrected chi connectivity index (χ1v) is 7.93. The number of nitrogens with one attached hydrogen (secondary N) is 1. The Morgan fingerprint density at radius 3 is 2.65 bits per heavy atom. The molecular weight excluding hydrogens is 336 g/mol. The summed E-state index contributed by atoms with van der Waals surface area (Å²) in [5, 5.41) is 3.83. The molecule has 0 radical (unpaired) electrons. The van der Waals surface area contributed by atoms with Gasteiger partial charge < -0.3 is 10.2 Å². The van der Waals surface area contributed by atoms with Crippen LogP contribution >= 0.6 is 23.2 Å². The Morgan fingerprint density at radius 2 is 1.96 bits per heavy atom. The summed E-state index contributed by atoms with van der Waals surface area (Å²) in [6.07, 6.45) is 1.69. The number of anilines is 2. The second-order valence-electron chi connectivity index (χ2n) is 5.16. The minimum atomic E-state index is -0.314. The van der Waals surface area contributed by atoms with Gasteiger partial charge in [-0.1, -0.05) is 35.3 Å². The highest BCUT2D eigenvalue weighted by atomic mass is 35.5. The average molecular weight is 354 g/mol. The second-order valence-corrected chi connectivity index (χ2v) is 5.98. The third kappa shape index (κ3) is 4.36. The smallest absolute Gasteiger partial charge is 0.149 e. The van der Waals surface area contributed by atoms with Gasteiger partial charge in [0.25, 0.3) is 0 Å². The van der Waals surface area contributed by atoms with Crippen LogP contribution in [-0.4, -0.2) is 24.8 Å². The zero-order valence-corrected chi connectivity index (χ0v) is 14.7. The lowest BCUT2D eigenvalue weighted by atomic mass is 10.2. The van der Waals surface area contributed by atoms with E-state index in [0.717, 1.165) is 6.54 Å². The van der Waals surface area contributed by atoms with Crippen molar-refractivity contribution in [3.05, 3.63) is 51.8 Å². The highest BCUT2D eigenvalue weighted by Crippen LogP contribution is 2.36. The van der Waals surface area contributed by atoms with E-state index in [0.29, 0.717) is 32.7 Å². The predicted octanol–water partition coefficient (Wildman–Crippen LogP) is 5.80. The molecule has 0 saturated carbocycles. The van der Waals surface area contributed by atoms with Gasteiger partial charge in [0.05, 0.1) is 33.4 Å². The van der Waals surface area contributed by atoms with E-state index in [9.17, 15) is 4.39 Å². The summed E-state index contributed by atoms with van der Waals surface area (Å²) in [5.74, 6) is -0.314. The molecule has 3 nitrogen and oxygen atoms in total. The van der Waals surface area contributed by atoms with Crippen LogP contribution in [0.4, 0.5) is 21.5 Å². The number of rotatable bonds is 5. The largest absolute Gasteiger partial charge is 0.366 e. The van der Waals surface area contributed by atoms with Crippen molar-refractivity contribution in [1.82, 2.24) is 4.90 Å². The molecule has 0 bridgehead atoms. The first-order valence-electron chi connectivity index (χ1n) is 7.18. The molecule has 0 fully saturated rings. The van der Waals surface area contributed by atoms with Crippen molar-refractivity contribution in [2.75, 3.05) is 18.9 Å². The van der Waals surface area contributed by atoms with Gasteiger partial charge >= 0.3 is 0 Å². The van der Waals surface area contributed by atoms with Gasteiger partial charge in [0.1, 0.15) is 5.82 Å². The number of hydrogen-bond acceptors (Lipinski definition) is 2. The first kappa shape index (κ1) is 17.6. The third-order valence-corrected chi connectivity index (χ3v) is 4.01. The highest BCUT2D eigenvalue weighted by molar-refractivity contribution is 6.37. The van der Waals surface area contributed by atoms with E-state index in [1.807, 2.05) is 18.9 Å². The number of nitrogens with zero attached hydrogens (tertiary/aromatic N) is 2. The monoisotopic (exact) mass is 353 g/mol.